The van der Waals surface area contributed by atoms with Crippen LogP contribution in [0.2, 0.25) is 5.02 Å². The Bertz CT molecular complexity index is 775. The van der Waals surface area contributed by atoms with Crippen LogP contribution in [0.25, 0.3) is 0 Å². The van der Waals surface area contributed by atoms with Crippen LogP contribution in [0.3, 0.4) is 0 Å². The van der Waals surface area contributed by atoms with Gasteiger partial charge in [0.15, 0.2) is 0 Å². The monoisotopic (exact) mass is 400 g/mol. The molecule has 1 aliphatic heterocycles. The normalized spacial score (nSPS) is 17.5. The predicted octanol–water partition coefficient (Wildman–Crippen LogP) is 2.89. The van der Waals surface area contributed by atoms with Crippen molar-refractivity contribution in [2.75, 3.05) is 32.8 Å². The van der Waals surface area contributed by atoms with Crippen molar-refractivity contribution in [3.05, 3.63) is 57.2 Å². The molecule has 1 aromatic carbocycles. The Morgan fingerprint density at radius 1 is 1.20 bits per heavy atom. The highest BCUT2D eigenvalue weighted by Gasteiger charge is 2.25. The summed E-state index contributed by atoms with van der Waals surface area (Å²) in [5.74, 6) is -0.118. The van der Waals surface area contributed by atoms with Gasteiger partial charge in [0, 0.05) is 29.5 Å². The second-order valence-corrected chi connectivity index (χ2v) is 9.07. The lowest BCUT2D eigenvalue weighted by Gasteiger charge is -2.34. The third kappa shape index (κ3) is 5.26. The van der Waals surface area contributed by atoms with Gasteiger partial charge >= 0.3 is 0 Å². The fourth-order valence-corrected chi connectivity index (χ4v) is 5.17. The van der Waals surface area contributed by atoms with Crippen LogP contribution in [0, 0.1) is 0 Å². The summed E-state index contributed by atoms with van der Waals surface area (Å²) in [5.41, 5.74) is 0.607. The summed E-state index contributed by atoms with van der Waals surface area (Å²) >= 11 is 7.73. The van der Waals surface area contributed by atoms with Crippen LogP contribution in [-0.4, -0.2) is 46.2 Å². The van der Waals surface area contributed by atoms with Gasteiger partial charge < -0.3 is 4.74 Å². The molecule has 1 aliphatic rings. The number of hydrogen-bond donors (Lipinski definition) is 1. The molecule has 0 radical (unpaired) electrons. The van der Waals surface area contributed by atoms with Crippen LogP contribution in [0.4, 0.5) is 0 Å². The number of rotatable bonds is 7. The highest BCUT2D eigenvalue weighted by atomic mass is 35.5. The molecule has 2 heterocycles. The topological polar surface area (TPSA) is 58.6 Å². The van der Waals surface area contributed by atoms with E-state index in [0.29, 0.717) is 30.3 Å². The van der Waals surface area contributed by atoms with Crippen molar-refractivity contribution < 1.29 is 13.2 Å². The first-order valence-corrected chi connectivity index (χ1v) is 11.0. The second-order valence-electron chi connectivity index (χ2n) is 5.88. The quantitative estimate of drug-likeness (QED) is 0.776. The Morgan fingerprint density at radius 2 is 1.96 bits per heavy atom. The maximum Gasteiger partial charge on any atom is 0.215 e. The first-order chi connectivity index (χ1) is 12.1. The van der Waals surface area contributed by atoms with E-state index in [1.54, 1.807) is 35.6 Å². The fraction of sp³-hybridized carbons (Fsp3) is 0.412. The largest absolute Gasteiger partial charge is 0.379 e. The van der Waals surface area contributed by atoms with Crippen molar-refractivity contribution >= 4 is 33.0 Å². The van der Waals surface area contributed by atoms with Crippen LogP contribution in [0.1, 0.15) is 16.5 Å². The number of ether oxygens (including phenoxy) is 1. The lowest BCUT2D eigenvalue weighted by atomic mass is 10.2. The summed E-state index contributed by atoms with van der Waals surface area (Å²) < 4.78 is 33.2. The number of nitrogens with one attached hydrogen (secondary N) is 1. The van der Waals surface area contributed by atoms with Crippen molar-refractivity contribution in [1.29, 1.82) is 0 Å². The van der Waals surface area contributed by atoms with Gasteiger partial charge in [-0.1, -0.05) is 35.9 Å². The van der Waals surface area contributed by atoms with Gasteiger partial charge in [0.2, 0.25) is 10.0 Å². The summed E-state index contributed by atoms with van der Waals surface area (Å²) in [5, 5.41) is 2.48. The zero-order chi connectivity index (χ0) is 17.7. The summed E-state index contributed by atoms with van der Waals surface area (Å²) in [6.45, 7) is 3.29. The van der Waals surface area contributed by atoms with Gasteiger partial charge in [0.1, 0.15) is 0 Å². The van der Waals surface area contributed by atoms with Crippen molar-refractivity contribution in [1.82, 2.24) is 9.62 Å². The molecule has 136 valence electrons. The minimum absolute atomic E-state index is 0.0184. The Labute approximate surface area is 157 Å². The van der Waals surface area contributed by atoms with E-state index in [9.17, 15) is 8.42 Å². The molecule has 0 spiro atoms. The summed E-state index contributed by atoms with van der Waals surface area (Å²) in [4.78, 5) is 3.43. The van der Waals surface area contributed by atoms with E-state index in [-0.39, 0.29) is 11.8 Å². The van der Waals surface area contributed by atoms with Gasteiger partial charge in [0.25, 0.3) is 0 Å². The van der Waals surface area contributed by atoms with Gasteiger partial charge in [-0.05, 0) is 23.1 Å². The summed E-state index contributed by atoms with van der Waals surface area (Å²) in [6.07, 6.45) is 0. The third-order valence-electron chi connectivity index (χ3n) is 4.16. The highest BCUT2D eigenvalue weighted by Crippen LogP contribution is 2.26. The molecule has 0 aliphatic carbocycles. The molecule has 0 amide bonds. The first-order valence-electron chi connectivity index (χ1n) is 8.11. The maximum absolute atomic E-state index is 12.5. The lowest BCUT2D eigenvalue weighted by Crippen LogP contribution is -2.43. The minimum atomic E-state index is -3.47. The number of halogens is 1. The highest BCUT2D eigenvalue weighted by molar-refractivity contribution is 7.88. The molecule has 2 aromatic rings. The minimum Gasteiger partial charge on any atom is -0.379 e. The van der Waals surface area contributed by atoms with Crippen molar-refractivity contribution in [2.45, 2.75) is 11.8 Å². The molecule has 1 saturated heterocycles. The molecule has 1 atom stereocenters. The third-order valence-corrected chi connectivity index (χ3v) is 6.80. The van der Waals surface area contributed by atoms with Crippen molar-refractivity contribution in [2.24, 2.45) is 0 Å². The van der Waals surface area contributed by atoms with Crippen LogP contribution in [-0.2, 0) is 20.5 Å². The van der Waals surface area contributed by atoms with E-state index in [4.69, 9.17) is 16.3 Å². The van der Waals surface area contributed by atoms with Gasteiger partial charge in [-0.25, -0.2) is 13.1 Å². The summed E-state index contributed by atoms with van der Waals surface area (Å²) in [7, 11) is -3.47. The molecule has 3 rings (SSSR count). The van der Waals surface area contributed by atoms with Crippen molar-refractivity contribution in [3.63, 3.8) is 0 Å². The fourth-order valence-electron chi connectivity index (χ4n) is 2.86. The van der Waals surface area contributed by atoms with Crippen LogP contribution < -0.4 is 4.72 Å². The van der Waals surface area contributed by atoms with Gasteiger partial charge in [-0.15, -0.1) is 11.3 Å². The lowest BCUT2D eigenvalue weighted by molar-refractivity contribution is 0.0179. The Morgan fingerprint density at radius 3 is 2.64 bits per heavy atom. The van der Waals surface area contributed by atoms with Gasteiger partial charge in [-0.2, -0.15) is 0 Å². The number of hydrogen-bond acceptors (Lipinski definition) is 5. The number of nitrogens with zero attached hydrogens (tertiary/aromatic N) is 1. The van der Waals surface area contributed by atoms with E-state index in [1.807, 2.05) is 17.5 Å². The van der Waals surface area contributed by atoms with E-state index >= 15 is 0 Å². The SMILES string of the molecule is O=S(=O)(Cc1ccccc1Cl)NC[C@@H](c1cccs1)N1CCOCC1. The Hall–Kier alpha value is -0.960. The molecule has 0 unspecified atom stereocenters. The zero-order valence-electron chi connectivity index (χ0n) is 13.7. The molecular weight excluding hydrogens is 380 g/mol. The standard InChI is InChI=1S/C17H21ClN2O3S2/c18-15-5-2-1-4-14(15)13-25(21,22)19-12-16(17-6-3-11-24-17)20-7-9-23-10-8-20/h1-6,11,16,19H,7-10,12-13H2/t16-/m0/s1. The van der Waals surface area contributed by atoms with Crippen LogP contribution in [0.5, 0.6) is 0 Å². The molecule has 0 saturated carbocycles. The number of morpholine rings is 1. The van der Waals surface area contributed by atoms with E-state index in [1.165, 1.54) is 0 Å². The Balaban J connectivity index is 1.68. The molecule has 1 N–H and O–H groups in total. The average molecular weight is 401 g/mol. The average Bonchev–Trinajstić information content (AvgIpc) is 3.12. The number of sulfonamides is 1. The molecule has 0 bridgehead atoms. The van der Waals surface area contributed by atoms with E-state index < -0.39 is 10.0 Å². The molecule has 25 heavy (non-hydrogen) atoms. The smallest absolute Gasteiger partial charge is 0.215 e. The van der Waals surface area contributed by atoms with Gasteiger partial charge in [-0.3, -0.25) is 4.90 Å². The zero-order valence-corrected chi connectivity index (χ0v) is 16.1. The van der Waals surface area contributed by atoms with Crippen molar-refractivity contribution in [3.8, 4) is 0 Å². The number of benzene rings is 1. The van der Waals surface area contributed by atoms with E-state index in [0.717, 1.165) is 18.0 Å². The predicted molar refractivity (Wildman–Crippen MR) is 102 cm³/mol. The van der Waals surface area contributed by atoms with E-state index in [2.05, 4.69) is 9.62 Å². The molecule has 5 nitrogen and oxygen atoms in total. The number of thiophene rings is 1. The van der Waals surface area contributed by atoms with Crippen LogP contribution >= 0.6 is 22.9 Å². The molecule has 1 aromatic heterocycles. The first kappa shape index (κ1) is 18.8. The second kappa shape index (κ2) is 8.62. The summed E-state index contributed by atoms with van der Waals surface area (Å²) in [6, 6.07) is 11.1. The van der Waals surface area contributed by atoms with Gasteiger partial charge in [0.05, 0.1) is 25.0 Å². The molecular formula is C17H21ClN2O3S2. The molecule has 1 fully saturated rings. The van der Waals surface area contributed by atoms with Crippen LogP contribution in [0.15, 0.2) is 41.8 Å². The Kier molecular flexibility index (Phi) is 6.49. The molecule has 8 heteroatoms. The maximum atomic E-state index is 12.5.